The van der Waals surface area contributed by atoms with E-state index in [0.717, 1.165) is 51.0 Å². The van der Waals surface area contributed by atoms with E-state index in [-0.39, 0.29) is 5.91 Å². The normalized spacial score (nSPS) is 11.4. The van der Waals surface area contributed by atoms with Crippen molar-refractivity contribution in [2.24, 2.45) is 0 Å². The maximum absolute atomic E-state index is 12.5. The molecular weight excluding hydrogens is 380 g/mol. The maximum atomic E-state index is 12.5. The third-order valence-electron chi connectivity index (χ3n) is 4.68. The highest BCUT2D eigenvalue weighted by Gasteiger charge is 2.16. The van der Waals surface area contributed by atoms with Gasteiger partial charge in [-0.3, -0.25) is 9.48 Å². The van der Waals surface area contributed by atoms with Gasteiger partial charge in [0.15, 0.2) is 0 Å². The zero-order valence-corrected chi connectivity index (χ0v) is 17.5. The van der Waals surface area contributed by atoms with Crippen LogP contribution in [-0.4, -0.2) is 46.8 Å². The minimum Gasteiger partial charge on any atom is -0.350 e. The molecule has 27 heavy (non-hydrogen) atoms. The van der Waals surface area contributed by atoms with Crippen LogP contribution in [0.15, 0.2) is 30.3 Å². The van der Waals surface area contributed by atoms with Crippen molar-refractivity contribution in [2.75, 3.05) is 26.2 Å². The number of nitrogens with zero attached hydrogens (tertiary/aromatic N) is 3. The molecule has 0 aliphatic carbocycles. The molecule has 2 heterocycles. The molecule has 5 nitrogen and oxygen atoms in total. The standard InChI is InChI=1S/C20H25ClN4OS/c1-4-24(5-2)11-10-22-19(26)18-12-17-14(3)23-25(20(17)27-18)13-15-6-8-16(21)9-7-15/h6-9,12H,4-5,10-11,13H2,1-3H3,(H,22,26). The molecule has 3 rings (SSSR count). The molecule has 1 amide bonds. The van der Waals surface area contributed by atoms with E-state index in [0.29, 0.717) is 13.1 Å². The summed E-state index contributed by atoms with van der Waals surface area (Å²) in [6.07, 6.45) is 0. The molecule has 3 aromatic rings. The van der Waals surface area contributed by atoms with Crippen molar-refractivity contribution >= 4 is 39.1 Å². The maximum Gasteiger partial charge on any atom is 0.261 e. The van der Waals surface area contributed by atoms with Crippen LogP contribution in [0.25, 0.3) is 10.2 Å². The lowest BCUT2D eigenvalue weighted by atomic mass is 10.2. The quantitative estimate of drug-likeness (QED) is 0.612. The first-order valence-electron chi connectivity index (χ1n) is 9.23. The van der Waals surface area contributed by atoms with Gasteiger partial charge in [-0.2, -0.15) is 5.10 Å². The third kappa shape index (κ3) is 4.69. The first-order chi connectivity index (χ1) is 13.0. The molecule has 2 aromatic heterocycles. The number of halogens is 1. The Morgan fingerprint density at radius 1 is 1.26 bits per heavy atom. The summed E-state index contributed by atoms with van der Waals surface area (Å²) in [5.74, 6) is -0.0131. The molecule has 0 saturated heterocycles. The zero-order chi connectivity index (χ0) is 19.4. The van der Waals surface area contributed by atoms with E-state index >= 15 is 0 Å². The van der Waals surface area contributed by atoms with Gasteiger partial charge in [-0.15, -0.1) is 11.3 Å². The molecule has 0 aliphatic rings. The second-order valence-corrected chi connectivity index (χ2v) is 7.95. The van der Waals surface area contributed by atoms with Crippen LogP contribution in [0.3, 0.4) is 0 Å². The molecule has 1 N–H and O–H groups in total. The fourth-order valence-corrected chi connectivity index (χ4v) is 4.25. The zero-order valence-electron chi connectivity index (χ0n) is 16.0. The molecule has 0 unspecified atom stereocenters. The van der Waals surface area contributed by atoms with Gasteiger partial charge in [0.1, 0.15) is 4.83 Å². The summed E-state index contributed by atoms with van der Waals surface area (Å²) in [5.41, 5.74) is 2.07. The van der Waals surface area contributed by atoms with Gasteiger partial charge < -0.3 is 10.2 Å². The molecule has 0 atom stereocenters. The molecule has 0 spiro atoms. The summed E-state index contributed by atoms with van der Waals surface area (Å²) in [6, 6.07) is 9.72. The van der Waals surface area contributed by atoms with Crippen molar-refractivity contribution in [1.29, 1.82) is 0 Å². The Kier molecular flexibility index (Phi) is 6.52. The Morgan fingerprint density at radius 2 is 1.96 bits per heavy atom. The van der Waals surface area contributed by atoms with E-state index in [9.17, 15) is 4.79 Å². The van der Waals surface area contributed by atoms with Crippen molar-refractivity contribution < 1.29 is 4.79 Å². The highest BCUT2D eigenvalue weighted by atomic mass is 35.5. The predicted octanol–water partition coefficient (Wildman–Crippen LogP) is 4.18. The van der Waals surface area contributed by atoms with Gasteiger partial charge in [0.05, 0.1) is 17.1 Å². The van der Waals surface area contributed by atoms with Crippen molar-refractivity contribution in [3.63, 3.8) is 0 Å². The Hall–Kier alpha value is -1.89. The first-order valence-corrected chi connectivity index (χ1v) is 10.4. The van der Waals surface area contributed by atoms with Crippen LogP contribution in [0.1, 0.15) is 34.8 Å². The van der Waals surface area contributed by atoms with Gasteiger partial charge in [0.2, 0.25) is 0 Å². The number of fused-ring (bicyclic) bond motifs is 1. The molecule has 0 bridgehead atoms. The molecule has 144 valence electrons. The lowest BCUT2D eigenvalue weighted by molar-refractivity contribution is 0.0953. The summed E-state index contributed by atoms with van der Waals surface area (Å²) < 4.78 is 1.96. The third-order valence-corrected chi connectivity index (χ3v) is 6.08. The summed E-state index contributed by atoms with van der Waals surface area (Å²) in [5, 5.41) is 9.43. The Balaban J connectivity index is 1.73. The highest BCUT2D eigenvalue weighted by Crippen LogP contribution is 2.29. The number of thiophene rings is 1. The van der Waals surface area contributed by atoms with Crippen molar-refractivity contribution in [3.05, 3.63) is 51.5 Å². The van der Waals surface area contributed by atoms with Gasteiger partial charge in [-0.25, -0.2) is 0 Å². The average Bonchev–Trinajstić information content (AvgIpc) is 3.22. The monoisotopic (exact) mass is 404 g/mol. The van der Waals surface area contributed by atoms with E-state index in [1.54, 1.807) is 0 Å². The minimum absolute atomic E-state index is 0.0131. The number of rotatable bonds is 8. The minimum atomic E-state index is -0.0131. The number of hydrogen-bond donors (Lipinski definition) is 1. The SMILES string of the molecule is CCN(CC)CCNC(=O)c1cc2c(C)nn(Cc3ccc(Cl)cc3)c2s1. The summed E-state index contributed by atoms with van der Waals surface area (Å²) in [7, 11) is 0. The van der Waals surface area contributed by atoms with Gasteiger partial charge in [0.25, 0.3) is 5.91 Å². The molecule has 0 saturated carbocycles. The summed E-state index contributed by atoms with van der Waals surface area (Å²) >= 11 is 7.46. The van der Waals surface area contributed by atoms with E-state index < -0.39 is 0 Å². The second-order valence-electron chi connectivity index (χ2n) is 6.48. The summed E-state index contributed by atoms with van der Waals surface area (Å²) in [4.78, 5) is 16.6. The average molecular weight is 405 g/mol. The second kappa shape index (κ2) is 8.87. The number of carbonyl (C=O) groups excluding carboxylic acids is 1. The molecule has 0 aliphatic heterocycles. The Morgan fingerprint density at radius 3 is 2.63 bits per heavy atom. The van der Waals surface area contributed by atoms with Crippen LogP contribution < -0.4 is 5.32 Å². The molecule has 1 aromatic carbocycles. The highest BCUT2D eigenvalue weighted by molar-refractivity contribution is 7.20. The van der Waals surface area contributed by atoms with Crippen LogP contribution in [0, 0.1) is 6.92 Å². The van der Waals surface area contributed by atoms with Crippen LogP contribution in [0.4, 0.5) is 0 Å². The number of nitrogens with one attached hydrogen (secondary N) is 1. The topological polar surface area (TPSA) is 50.2 Å². The smallest absolute Gasteiger partial charge is 0.261 e. The first kappa shape index (κ1) is 19.9. The molecule has 0 radical (unpaired) electrons. The lowest BCUT2D eigenvalue weighted by Gasteiger charge is -2.17. The number of amides is 1. The van der Waals surface area contributed by atoms with Gasteiger partial charge >= 0.3 is 0 Å². The van der Waals surface area contributed by atoms with Gasteiger partial charge in [-0.05, 0) is 43.8 Å². The van der Waals surface area contributed by atoms with Crippen LogP contribution in [0.5, 0.6) is 0 Å². The van der Waals surface area contributed by atoms with Crippen molar-refractivity contribution in [3.8, 4) is 0 Å². The van der Waals surface area contributed by atoms with Crippen LogP contribution in [-0.2, 0) is 6.54 Å². The lowest BCUT2D eigenvalue weighted by Crippen LogP contribution is -2.34. The van der Waals surface area contributed by atoms with Crippen LogP contribution >= 0.6 is 22.9 Å². The molecule has 0 fully saturated rings. The Bertz CT molecular complexity index is 912. The van der Waals surface area contributed by atoms with E-state index in [4.69, 9.17) is 11.6 Å². The number of benzene rings is 1. The number of aromatic nitrogens is 2. The van der Waals surface area contributed by atoms with E-state index in [1.165, 1.54) is 11.3 Å². The summed E-state index contributed by atoms with van der Waals surface area (Å²) in [6.45, 7) is 10.4. The van der Waals surface area contributed by atoms with Crippen molar-refractivity contribution in [2.45, 2.75) is 27.3 Å². The molecule has 7 heteroatoms. The van der Waals surface area contributed by atoms with E-state index in [1.807, 2.05) is 41.9 Å². The van der Waals surface area contributed by atoms with Gasteiger partial charge in [-0.1, -0.05) is 37.6 Å². The largest absolute Gasteiger partial charge is 0.350 e. The van der Waals surface area contributed by atoms with Crippen molar-refractivity contribution in [1.82, 2.24) is 20.0 Å². The predicted molar refractivity (Wildman–Crippen MR) is 113 cm³/mol. The number of hydrogen-bond acceptors (Lipinski definition) is 4. The van der Waals surface area contributed by atoms with E-state index in [2.05, 4.69) is 29.2 Å². The number of aryl methyl sites for hydroxylation is 1. The number of likely N-dealkylation sites (N-methyl/N-ethyl adjacent to an activating group) is 1. The fraction of sp³-hybridized carbons (Fsp3) is 0.400. The number of carbonyl (C=O) groups is 1. The van der Waals surface area contributed by atoms with Gasteiger partial charge in [0, 0.05) is 23.5 Å². The van der Waals surface area contributed by atoms with Crippen LogP contribution in [0.2, 0.25) is 5.02 Å². The fourth-order valence-electron chi connectivity index (χ4n) is 3.05. The molecular formula is C20H25ClN4OS. The Labute approximate surface area is 168 Å².